The molecule has 0 amide bonds. The summed E-state index contributed by atoms with van der Waals surface area (Å²) in [5.41, 5.74) is 0. The predicted molar refractivity (Wildman–Crippen MR) is 15.8 cm³/mol. The van der Waals surface area contributed by atoms with Crippen molar-refractivity contribution in [3.8, 4) is 6.07 Å². The van der Waals surface area contributed by atoms with Crippen molar-refractivity contribution in [1.29, 1.82) is 5.26 Å². The van der Waals surface area contributed by atoms with Crippen molar-refractivity contribution in [2.24, 2.45) is 0 Å². The molecular formula is C3H3NNb. The van der Waals surface area contributed by atoms with Gasteiger partial charge >= 0.3 is 0 Å². The summed E-state index contributed by atoms with van der Waals surface area (Å²) in [4.78, 5) is 0. The first-order chi connectivity index (χ1) is 1.91. The van der Waals surface area contributed by atoms with Crippen LogP contribution in [0.2, 0.25) is 0 Å². The van der Waals surface area contributed by atoms with Gasteiger partial charge in [-0.3, -0.25) is 0 Å². The van der Waals surface area contributed by atoms with Gasteiger partial charge < -0.3 is 0 Å². The van der Waals surface area contributed by atoms with Crippen LogP contribution in [0.1, 0.15) is 0 Å². The summed E-state index contributed by atoms with van der Waals surface area (Å²) < 4.78 is 0. The van der Waals surface area contributed by atoms with Crippen LogP contribution in [0.5, 0.6) is 0 Å². The Morgan fingerprint density at radius 1 is 1.80 bits per heavy atom. The summed E-state index contributed by atoms with van der Waals surface area (Å²) in [6.45, 7) is 3.12. The minimum atomic E-state index is 0. The van der Waals surface area contributed by atoms with Crippen LogP contribution in [0.4, 0.5) is 0 Å². The summed E-state index contributed by atoms with van der Waals surface area (Å²) in [6.07, 6.45) is 1.18. The molecule has 0 rings (SSSR count). The van der Waals surface area contributed by atoms with E-state index in [4.69, 9.17) is 5.26 Å². The van der Waals surface area contributed by atoms with Crippen molar-refractivity contribution in [3.63, 3.8) is 0 Å². The van der Waals surface area contributed by atoms with Gasteiger partial charge in [0.15, 0.2) is 0 Å². The van der Waals surface area contributed by atoms with Crippen LogP contribution in [0.15, 0.2) is 12.7 Å². The van der Waals surface area contributed by atoms with Crippen LogP contribution in [-0.4, -0.2) is 0 Å². The second-order valence-corrected chi connectivity index (χ2v) is 0.333. The molecule has 0 saturated carbocycles. The largest absolute Gasteiger partial charge is 0.193 e. The van der Waals surface area contributed by atoms with Crippen LogP contribution in [0.25, 0.3) is 0 Å². The standard InChI is InChI=1S/C3H3N.Nb/c1-2-3-4;/h2H,1H2;. The molecule has 0 aromatic rings. The van der Waals surface area contributed by atoms with E-state index in [2.05, 4.69) is 6.58 Å². The normalized spacial score (nSPS) is 3.00. The van der Waals surface area contributed by atoms with Crippen molar-refractivity contribution in [3.05, 3.63) is 12.7 Å². The molecule has 0 aromatic carbocycles. The molecule has 0 atom stereocenters. The Bertz CT molecular complexity index is 52.4. The van der Waals surface area contributed by atoms with Crippen LogP contribution in [0, 0.1) is 11.3 Å². The molecule has 2 heteroatoms. The van der Waals surface area contributed by atoms with E-state index >= 15 is 0 Å². The maximum absolute atomic E-state index is 7.51. The van der Waals surface area contributed by atoms with Gasteiger partial charge in [0.2, 0.25) is 0 Å². The van der Waals surface area contributed by atoms with Gasteiger partial charge in [0.1, 0.15) is 0 Å². The second kappa shape index (κ2) is 9.02. The van der Waals surface area contributed by atoms with E-state index in [1.165, 1.54) is 6.08 Å². The first-order valence-electron chi connectivity index (χ1n) is 0.921. The van der Waals surface area contributed by atoms with Crippen molar-refractivity contribution >= 4 is 0 Å². The fraction of sp³-hybridized carbons (Fsp3) is 0. The Morgan fingerprint density at radius 3 is 2.00 bits per heavy atom. The van der Waals surface area contributed by atoms with Gasteiger partial charge in [-0.1, -0.05) is 6.58 Å². The summed E-state index contributed by atoms with van der Waals surface area (Å²) in [5.74, 6) is 0. The fourth-order valence-corrected chi connectivity index (χ4v) is 0. The number of nitriles is 1. The molecule has 5 heavy (non-hydrogen) atoms. The van der Waals surface area contributed by atoms with Crippen LogP contribution >= 0.6 is 0 Å². The molecule has 0 aliphatic rings. The molecule has 1 radical (unpaired) electrons. The molecule has 0 spiro atoms. The number of hydrogen-bond donors (Lipinski definition) is 0. The van der Waals surface area contributed by atoms with Crippen LogP contribution in [-0.2, 0) is 22.4 Å². The summed E-state index contributed by atoms with van der Waals surface area (Å²) in [5, 5.41) is 7.51. The summed E-state index contributed by atoms with van der Waals surface area (Å²) in [6, 6.07) is 1.69. The van der Waals surface area contributed by atoms with Crippen molar-refractivity contribution in [2.45, 2.75) is 0 Å². The first-order valence-corrected chi connectivity index (χ1v) is 0.921. The molecule has 0 N–H and O–H groups in total. The zero-order valence-electron chi connectivity index (χ0n) is 2.68. The van der Waals surface area contributed by atoms with Crippen LogP contribution < -0.4 is 0 Å². The van der Waals surface area contributed by atoms with Gasteiger partial charge in [0, 0.05) is 28.5 Å². The molecule has 0 aromatic heterocycles. The average Bonchev–Trinajstić information content (AvgIpc) is 1.37. The zero-order valence-corrected chi connectivity index (χ0v) is 4.88. The quantitative estimate of drug-likeness (QED) is 0.364. The summed E-state index contributed by atoms with van der Waals surface area (Å²) >= 11 is 0. The molecule has 1 nitrogen and oxygen atoms in total. The Balaban J connectivity index is 0. The van der Waals surface area contributed by atoms with E-state index in [9.17, 15) is 0 Å². The topological polar surface area (TPSA) is 23.8 Å². The molecule has 0 fully saturated rings. The third kappa shape index (κ3) is 16.4. The van der Waals surface area contributed by atoms with Crippen molar-refractivity contribution in [1.82, 2.24) is 0 Å². The predicted octanol–water partition coefficient (Wildman–Crippen LogP) is 0.693. The number of rotatable bonds is 0. The van der Waals surface area contributed by atoms with Crippen molar-refractivity contribution < 1.29 is 22.4 Å². The molecule has 0 aliphatic carbocycles. The maximum Gasteiger partial charge on any atom is 0.0905 e. The van der Waals surface area contributed by atoms with Crippen LogP contribution in [0.3, 0.4) is 0 Å². The third-order valence-corrected chi connectivity index (χ3v) is 0.0913. The van der Waals surface area contributed by atoms with E-state index in [1.807, 2.05) is 0 Å². The van der Waals surface area contributed by atoms with Gasteiger partial charge in [-0.15, -0.1) is 0 Å². The smallest absolute Gasteiger partial charge is 0.0905 e. The Morgan fingerprint density at radius 2 is 2.00 bits per heavy atom. The second-order valence-electron chi connectivity index (χ2n) is 0.333. The Labute approximate surface area is 46.8 Å². The van der Waals surface area contributed by atoms with Gasteiger partial charge in [0.05, 0.1) is 6.07 Å². The van der Waals surface area contributed by atoms with E-state index < -0.39 is 0 Å². The van der Waals surface area contributed by atoms with Gasteiger partial charge in [-0.05, 0) is 0 Å². The SMILES string of the molecule is C=CC#N.[Nb]. The average molecular weight is 146 g/mol. The molecule has 0 heterocycles. The van der Waals surface area contributed by atoms with E-state index in [-0.39, 0.29) is 22.4 Å². The van der Waals surface area contributed by atoms with E-state index in [0.29, 0.717) is 0 Å². The Kier molecular flexibility index (Phi) is 16.0. The van der Waals surface area contributed by atoms with E-state index in [1.54, 1.807) is 6.07 Å². The molecule has 0 unspecified atom stereocenters. The molecule has 25 valence electrons. The van der Waals surface area contributed by atoms with E-state index in [0.717, 1.165) is 0 Å². The van der Waals surface area contributed by atoms with Gasteiger partial charge in [-0.2, -0.15) is 5.26 Å². The summed E-state index contributed by atoms with van der Waals surface area (Å²) in [7, 11) is 0. The number of nitrogens with zero attached hydrogens (tertiary/aromatic N) is 1. The monoisotopic (exact) mass is 146 g/mol. The molecule has 0 bridgehead atoms. The minimum Gasteiger partial charge on any atom is -0.193 e. The fourth-order valence-electron chi connectivity index (χ4n) is 0. The Hall–Kier alpha value is -0.0297. The number of allylic oxidation sites excluding steroid dienone is 1. The minimum absolute atomic E-state index is 0. The maximum atomic E-state index is 7.51. The van der Waals surface area contributed by atoms with Gasteiger partial charge in [-0.25, -0.2) is 0 Å². The first kappa shape index (κ1) is 8.88. The third-order valence-electron chi connectivity index (χ3n) is 0.0913. The van der Waals surface area contributed by atoms with Gasteiger partial charge in [0.25, 0.3) is 0 Å². The molecule has 0 saturated heterocycles. The molecule has 0 aliphatic heterocycles. The molecular weight excluding hydrogens is 143 g/mol. The number of hydrogen-bond acceptors (Lipinski definition) is 1. The van der Waals surface area contributed by atoms with Crippen molar-refractivity contribution in [2.75, 3.05) is 0 Å². The zero-order chi connectivity index (χ0) is 3.41.